The molecule has 0 radical (unpaired) electrons. The molecule has 3 aliphatic heterocycles. The summed E-state index contributed by atoms with van der Waals surface area (Å²) in [5.41, 5.74) is 0.191. The first-order valence-corrected chi connectivity index (χ1v) is 18.0. The summed E-state index contributed by atoms with van der Waals surface area (Å²) in [5.74, 6) is 1.05. The van der Waals surface area contributed by atoms with Crippen molar-refractivity contribution in [2.24, 2.45) is 16.3 Å². The van der Waals surface area contributed by atoms with Crippen molar-refractivity contribution in [3.05, 3.63) is 54.1 Å². The van der Waals surface area contributed by atoms with E-state index in [1.54, 1.807) is 19.0 Å². The molecular weight excluding hydrogens is 668 g/mol. The molecule has 5 atom stereocenters. The van der Waals surface area contributed by atoms with Gasteiger partial charge in [-0.2, -0.15) is 9.57 Å². The van der Waals surface area contributed by atoms with E-state index in [9.17, 15) is 18.3 Å². The van der Waals surface area contributed by atoms with Crippen LogP contribution in [0.25, 0.3) is 0 Å². The summed E-state index contributed by atoms with van der Waals surface area (Å²) in [6.07, 6.45) is 0.253. The molecule has 2 saturated heterocycles. The molecule has 16 heteroatoms. The van der Waals surface area contributed by atoms with Gasteiger partial charge in [-0.25, -0.2) is 13.2 Å². The monoisotopic (exact) mass is 714 g/mol. The number of hydrogen-bond acceptors (Lipinski definition) is 11. The highest BCUT2D eigenvalue weighted by atomic mass is 32.2. The Labute approximate surface area is 293 Å². The van der Waals surface area contributed by atoms with E-state index >= 15 is 0 Å². The predicted molar refractivity (Wildman–Crippen MR) is 182 cm³/mol. The van der Waals surface area contributed by atoms with Gasteiger partial charge in [0, 0.05) is 39.8 Å². The number of guanidine groups is 1. The molecule has 0 unspecified atom stereocenters. The number of carbonyl (C=O) groups excluding carboxylic acids is 1. The van der Waals surface area contributed by atoms with Crippen molar-refractivity contribution in [3.8, 4) is 17.7 Å². The SMILES string of the molecule is CN(C)C(=NCCC(C)(C)CN(C[C@@H](O)[C@H](Cc1ccccc1)NC(=O)O[C@H]1CO[C@H]2OCC[C@H]21)S(=O)(=O)c1ccc2c(c1)OCO2)NC#N. The lowest BCUT2D eigenvalue weighted by atomic mass is 9.89. The van der Waals surface area contributed by atoms with Gasteiger partial charge in [0.05, 0.1) is 36.2 Å². The first-order chi connectivity index (χ1) is 23.9. The standard InChI is InChI=1S/C34H46N6O9S/c1-34(2,13-14-36-32(37-21-35)39(3)4)20-40(50(43,44)24-10-11-28-29(17-24)48-22-47-28)18-27(41)26(16-23-8-6-5-7-9-23)38-33(42)49-30-19-46-31-25(30)12-15-45-31/h5-11,17,25-27,30-31,41H,12-16,18-20,22H2,1-4H3,(H,36,37)(H,38,42)/t25-,26-,27+,30-,31+/m0/s1. The van der Waals surface area contributed by atoms with Crippen LogP contribution in [0.2, 0.25) is 0 Å². The van der Waals surface area contributed by atoms with Crippen LogP contribution in [0.5, 0.6) is 11.5 Å². The number of carbonyl (C=O) groups is 1. The summed E-state index contributed by atoms with van der Waals surface area (Å²) in [4.78, 5) is 19.4. The second-order valence-electron chi connectivity index (χ2n) is 13.5. The number of aliphatic hydroxyl groups excluding tert-OH is 1. The highest BCUT2D eigenvalue weighted by molar-refractivity contribution is 7.89. The molecule has 2 aromatic carbocycles. The van der Waals surface area contributed by atoms with E-state index < -0.39 is 46.1 Å². The Hall–Kier alpha value is -4.14. The highest BCUT2D eigenvalue weighted by Crippen LogP contribution is 2.36. The number of aliphatic imine (C=N–C) groups is 1. The Morgan fingerprint density at radius 2 is 1.92 bits per heavy atom. The van der Waals surface area contributed by atoms with Crippen LogP contribution in [0.4, 0.5) is 4.79 Å². The Balaban J connectivity index is 1.38. The highest BCUT2D eigenvalue weighted by Gasteiger charge is 2.44. The maximum absolute atomic E-state index is 14.3. The topological polar surface area (TPSA) is 184 Å². The number of benzene rings is 2. The summed E-state index contributed by atoms with van der Waals surface area (Å²) < 4.78 is 57.7. The molecule has 272 valence electrons. The van der Waals surface area contributed by atoms with E-state index in [2.05, 4.69) is 15.6 Å². The third-order valence-corrected chi connectivity index (χ3v) is 10.7. The molecule has 3 N–H and O–H groups in total. The third-order valence-electron chi connectivity index (χ3n) is 8.93. The molecule has 3 heterocycles. The summed E-state index contributed by atoms with van der Waals surface area (Å²) >= 11 is 0. The maximum atomic E-state index is 14.3. The molecule has 15 nitrogen and oxygen atoms in total. The number of nitriles is 1. The smallest absolute Gasteiger partial charge is 0.407 e. The summed E-state index contributed by atoms with van der Waals surface area (Å²) in [6.45, 7) is 4.49. The van der Waals surface area contributed by atoms with Gasteiger partial charge in [-0.05, 0) is 42.4 Å². The van der Waals surface area contributed by atoms with Crippen molar-refractivity contribution in [1.82, 2.24) is 19.8 Å². The molecule has 5 rings (SSSR count). The molecule has 0 bridgehead atoms. The Morgan fingerprint density at radius 1 is 1.16 bits per heavy atom. The zero-order valence-corrected chi connectivity index (χ0v) is 29.6. The molecule has 2 aromatic rings. The van der Waals surface area contributed by atoms with Gasteiger partial charge in [-0.1, -0.05) is 44.2 Å². The third kappa shape index (κ3) is 9.34. The van der Waals surface area contributed by atoms with Crippen LogP contribution in [-0.2, 0) is 30.7 Å². The molecule has 0 aliphatic carbocycles. The number of hydrogen-bond donors (Lipinski definition) is 3. The Morgan fingerprint density at radius 3 is 2.66 bits per heavy atom. The van der Waals surface area contributed by atoms with Crippen LogP contribution in [0.15, 0.2) is 58.4 Å². The number of sulfonamides is 1. The summed E-state index contributed by atoms with van der Waals surface area (Å²) in [5, 5.41) is 26.2. The second-order valence-corrected chi connectivity index (χ2v) is 15.5. The minimum absolute atomic E-state index is 0.00428. The number of alkyl carbamates (subject to hydrolysis) is 1. The van der Waals surface area contributed by atoms with Crippen molar-refractivity contribution in [2.75, 3.05) is 53.7 Å². The van der Waals surface area contributed by atoms with Crippen molar-refractivity contribution in [2.45, 2.75) is 62.5 Å². The van der Waals surface area contributed by atoms with Gasteiger partial charge in [0.25, 0.3) is 0 Å². The Bertz CT molecular complexity index is 1650. The summed E-state index contributed by atoms with van der Waals surface area (Å²) in [7, 11) is -0.701. The van der Waals surface area contributed by atoms with Gasteiger partial charge >= 0.3 is 6.09 Å². The number of rotatable bonds is 14. The maximum Gasteiger partial charge on any atom is 0.407 e. The van der Waals surface area contributed by atoms with Crippen LogP contribution in [-0.4, -0.2) is 113 Å². The molecular formula is C34H46N6O9S. The number of nitrogens with one attached hydrogen (secondary N) is 2. The molecule has 2 fully saturated rings. The van der Waals surface area contributed by atoms with Crippen molar-refractivity contribution in [3.63, 3.8) is 0 Å². The molecule has 3 aliphatic rings. The van der Waals surface area contributed by atoms with E-state index in [4.69, 9.17) is 28.9 Å². The quantitative estimate of drug-likeness (QED) is 0.112. The van der Waals surface area contributed by atoms with Gasteiger partial charge in [-0.15, -0.1) is 0 Å². The number of nitrogens with zero attached hydrogens (tertiary/aromatic N) is 4. The number of ether oxygens (including phenoxy) is 5. The first-order valence-electron chi connectivity index (χ1n) is 16.6. The van der Waals surface area contributed by atoms with Gasteiger partial charge in [-0.3, -0.25) is 10.3 Å². The first kappa shape index (κ1) is 37.1. The van der Waals surface area contributed by atoms with E-state index in [0.29, 0.717) is 43.5 Å². The largest absolute Gasteiger partial charge is 0.454 e. The van der Waals surface area contributed by atoms with Gasteiger partial charge < -0.3 is 39.0 Å². The number of amides is 1. The van der Waals surface area contributed by atoms with E-state index in [0.717, 1.165) is 5.56 Å². The zero-order chi connectivity index (χ0) is 35.9. The van der Waals surface area contributed by atoms with Crippen molar-refractivity contribution < 1.29 is 42.0 Å². The molecule has 1 amide bonds. The van der Waals surface area contributed by atoms with E-state index in [-0.39, 0.29) is 43.7 Å². The van der Waals surface area contributed by atoms with E-state index in [1.165, 1.54) is 22.5 Å². The zero-order valence-electron chi connectivity index (χ0n) is 28.8. The predicted octanol–water partition coefficient (Wildman–Crippen LogP) is 2.27. The average molecular weight is 715 g/mol. The Kier molecular flexibility index (Phi) is 12.1. The normalized spacial score (nSPS) is 21.3. The van der Waals surface area contributed by atoms with Crippen molar-refractivity contribution >= 4 is 22.1 Å². The summed E-state index contributed by atoms with van der Waals surface area (Å²) in [6, 6.07) is 12.8. The van der Waals surface area contributed by atoms with Crippen LogP contribution in [0, 0.1) is 22.8 Å². The van der Waals surface area contributed by atoms with Crippen LogP contribution < -0.4 is 20.1 Å². The van der Waals surface area contributed by atoms with Crippen LogP contribution in [0.3, 0.4) is 0 Å². The molecule has 0 aromatic heterocycles. The average Bonchev–Trinajstić information content (AvgIpc) is 3.83. The minimum atomic E-state index is -4.21. The second kappa shape index (κ2) is 16.3. The molecule has 0 saturated carbocycles. The van der Waals surface area contributed by atoms with E-state index in [1.807, 2.05) is 50.4 Å². The lowest BCUT2D eigenvalue weighted by molar-refractivity contribution is -0.0907. The number of fused-ring (bicyclic) bond motifs is 2. The van der Waals surface area contributed by atoms with Crippen LogP contribution in [0.1, 0.15) is 32.3 Å². The lowest BCUT2D eigenvalue weighted by Gasteiger charge is -2.35. The molecule has 0 spiro atoms. The molecule has 50 heavy (non-hydrogen) atoms. The lowest BCUT2D eigenvalue weighted by Crippen LogP contribution is -2.52. The van der Waals surface area contributed by atoms with Crippen molar-refractivity contribution in [1.29, 1.82) is 5.26 Å². The fraction of sp³-hybridized carbons (Fsp3) is 0.559. The van der Waals surface area contributed by atoms with Crippen LogP contribution >= 0.6 is 0 Å². The number of aliphatic hydroxyl groups is 1. The fourth-order valence-electron chi connectivity index (χ4n) is 6.16. The van der Waals surface area contributed by atoms with Gasteiger partial charge in [0.1, 0.15) is 6.10 Å². The fourth-order valence-corrected chi connectivity index (χ4v) is 7.82. The van der Waals surface area contributed by atoms with Gasteiger partial charge in [0.2, 0.25) is 22.8 Å². The minimum Gasteiger partial charge on any atom is -0.454 e. The van der Waals surface area contributed by atoms with Gasteiger partial charge in [0.15, 0.2) is 24.0 Å².